The molecule has 0 aromatic heterocycles. The van der Waals surface area contributed by atoms with Crippen molar-refractivity contribution >= 4 is 15.7 Å². The Bertz CT molecular complexity index is 934. The fourth-order valence-electron chi connectivity index (χ4n) is 3.39. The highest BCUT2D eigenvalue weighted by atomic mass is 32.2. The number of hydrogen-bond acceptors (Lipinski definition) is 4. The van der Waals surface area contributed by atoms with Crippen molar-refractivity contribution < 1.29 is 13.2 Å². The zero-order chi connectivity index (χ0) is 19.6. The number of fused-ring (bicyclic) bond motifs is 1. The van der Waals surface area contributed by atoms with E-state index >= 15 is 0 Å². The molecule has 5 nitrogen and oxygen atoms in total. The second-order valence-electron chi connectivity index (χ2n) is 7.25. The molecule has 1 aliphatic rings. The van der Waals surface area contributed by atoms with Gasteiger partial charge in [-0.1, -0.05) is 39.0 Å². The molecule has 1 heterocycles. The van der Waals surface area contributed by atoms with Gasteiger partial charge in [0.05, 0.1) is 10.6 Å². The van der Waals surface area contributed by atoms with Gasteiger partial charge in [-0.25, -0.2) is 8.42 Å². The van der Waals surface area contributed by atoms with Gasteiger partial charge in [-0.05, 0) is 46.9 Å². The van der Waals surface area contributed by atoms with E-state index in [0.29, 0.717) is 29.0 Å². The van der Waals surface area contributed by atoms with Gasteiger partial charge in [0.1, 0.15) is 0 Å². The topological polar surface area (TPSA) is 75.3 Å². The maximum atomic E-state index is 12.5. The van der Waals surface area contributed by atoms with Crippen LogP contribution in [0.2, 0.25) is 0 Å². The van der Waals surface area contributed by atoms with Crippen LogP contribution in [-0.2, 0) is 22.9 Å². The average Bonchev–Trinajstić information content (AvgIpc) is 3.10. The molecular formula is C21H26N2O3S. The highest BCUT2D eigenvalue weighted by Gasteiger charge is 2.25. The SMILES string of the molecule is CCS(=O)(=O)c1ccc(CNC(=O)c2ccc3c(c2)CNC3C(C)C)cc1. The van der Waals surface area contributed by atoms with Crippen LogP contribution < -0.4 is 10.6 Å². The molecule has 0 saturated carbocycles. The summed E-state index contributed by atoms with van der Waals surface area (Å²) in [5.74, 6) is 0.454. The normalized spacial score (nSPS) is 16.4. The minimum atomic E-state index is -3.20. The highest BCUT2D eigenvalue weighted by Crippen LogP contribution is 2.31. The van der Waals surface area contributed by atoms with Crippen LogP contribution in [0.3, 0.4) is 0 Å². The highest BCUT2D eigenvalue weighted by molar-refractivity contribution is 7.91. The number of nitrogens with one attached hydrogen (secondary N) is 2. The van der Waals surface area contributed by atoms with E-state index in [2.05, 4.69) is 24.5 Å². The molecule has 2 aromatic carbocycles. The number of amides is 1. The number of rotatable bonds is 6. The molecular weight excluding hydrogens is 360 g/mol. The summed E-state index contributed by atoms with van der Waals surface area (Å²) in [5, 5.41) is 6.39. The number of benzene rings is 2. The van der Waals surface area contributed by atoms with Gasteiger partial charge in [-0.15, -0.1) is 0 Å². The summed E-state index contributed by atoms with van der Waals surface area (Å²) < 4.78 is 23.7. The van der Waals surface area contributed by atoms with E-state index in [4.69, 9.17) is 0 Å². The smallest absolute Gasteiger partial charge is 0.251 e. The van der Waals surface area contributed by atoms with Crippen LogP contribution in [0.25, 0.3) is 0 Å². The second kappa shape index (κ2) is 7.82. The van der Waals surface area contributed by atoms with Crippen LogP contribution in [0.5, 0.6) is 0 Å². The molecule has 0 spiro atoms. The first kappa shape index (κ1) is 19.6. The van der Waals surface area contributed by atoms with E-state index in [-0.39, 0.29) is 11.7 Å². The molecule has 2 aromatic rings. The van der Waals surface area contributed by atoms with E-state index in [1.165, 1.54) is 11.1 Å². The van der Waals surface area contributed by atoms with E-state index in [9.17, 15) is 13.2 Å². The van der Waals surface area contributed by atoms with Crippen LogP contribution in [0.1, 0.15) is 53.9 Å². The molecule has 0 aliphatic carbocycles. The number of carbonyl (C=O) groups excluding carboxylic acids is 1. The third-order valence-electron chi connectivity index (χ3n) is 5.03. The van der Waals surface area contributed by atoms with Crippen molar-refractivity contribution in [2.45, 2.75) is 44.8 Å². The Morgan fingerprint density at radius 1 is 1.19 bits per heavy atom. The van der Waals surface area contributed by atoms with Gasteiger partial charge in [0, 0.05) is 24.7 Å². The first-order valence-electron chi connectivity index (χ1n) is 9.28. The molecule has 1 amide bonds. The molecule has 3 rings (SSSR count). The van der Waals surface area contributed by atoms with Gasteiger partial charge < -0.3 is 10.6 Å². The fourth-order valence-corrected chi connectivity index (χ4v) is 4.28. The summed E-state index contributed by atoms with van der Waals surface area (Å²) in [7, 11) is -3.20. The molecule has 27 heavy (non-hydrogen) atoms. The average molecular weight is 387 g/mol. The summed E-state index contributed by atoms with van der Waals surface area (Å²) in [5.41, 5.74) is 3.95. The van der Waals surface area contributed by atoms with E-state index in [1.54, 1.807) is 31.2 Å². The van der Waals surface area contributed by atoms with Crippen LogP contribution >= 0.6 is 0 Å². The predicted molar refractivity (Wildman–Crippen MR) is 106 cm³/mol. The van der Waals surface area contributed by atoms with E-state index in [0.717, 1.165) is 12.1 Å². The lowest BCUT2D eigenvalue weighted by Crippen LogP contribution is -2.23. The van der Waals surface area contributed by atoms with Crippen molar-refractivity contribution in [2.75, 3.05) is 5.75 Å². The van der Waals surface area contributed by atoms with Crippen LogP contribution in [-0.4, -0.2) is 20.1 Å². The molecule has 0 bridgehead atoms. The van der Waals surface area contributed by atoms with Gasteiger partial charge in [-0.2, -0.15) is 0 Å². The molecule has 0 saturated heterocycles. The molecule has 1 atom stereocenters. The summed E-state index contributed by atoms with van der Waals surface area (Å²) in [6.07, 6.45) is 0. The number of hydrogen-bond donors (Lipinski definition) is 2. The van der Waals surface area contributed by atoms with Crippen LogP contribution in [0.15, 0.2) is 47.4 Å². The maximum Gasteiger partial charge on any atom is 0.251 e. The number of sulfone groups is 1. The van der Waals surface area contributed by atoms with Gasteiger partial charge in [-0.3, -0.25) is 4.79 Å². The minimum Gasteiger partial charge on any atom is -0.348 e. The monoisotopic (exact) mass is 386 g/mol. The molecule has 0 radical (unpaired) electrons. The van der Waals surface area contributed by atoms with Crippen molar-refractivity contribution in [3.05, 3.63) is 64.7 Å². The summed E-state index contributed by atoms with van der Waals surface area (Å²) in [6.45, 7) is 7.13. The minimum absolute atomic E-state index is 0.0773. The standard InChI is InChI=1S/C21H26N2O3S/c1-4-27(25,26)18-8-5-15(6-9-18)12-23-21(24)16-7-10-19-17(11-16)13-22-20(19)14(2)3/h5-11,14,20,22H,4,12-13H2,1-3H3,(H,23,24). The first-order valence-corrected chi connectivity index (χ1v) is 10.9. The van der Waals surface area contributed by atoms with E-state index in [1.807, 2.05) is 18.2 Å². The second-order valence-corrected chi connectivity index (χ2v) is 9.52. The Morgan fingerprint density at radius 3 is 2.52 bits per heavy atom. The van der Waals surface area contributed by atoms with Gasteiger partial charge in [0.15, 0.2) is 9.84 Å². The van der Waals surface area contributed by atoms with E-state index < -0.39 is 9.84 Å². The first-order chi connectivity index (χ1) is 12.8. The quantitative estimate of drug-likeness (QED) is 0.799. The van der Waals surface area contributed by atoms with Crippen LogP contribution in [0, 0.1) is 5.92 Å². The predicted octanol–water partition coefficient (Wildman–Crippen LogP) is 3.21. The lowest BCUT2D eigenvalue weighted by molar-refractivity contribution is 0.0951. The summed E-state index contributed by atoms with van der Waals surface area (Å²) in [4.78, 5) is 12.8. The Labute approximate surface area is 161 Å². The zero-order valence-electron chi connectivity index (χ0n) is 16.0. The fraction of sp³-hybridized carbons (Fsp3) is 0.381. The third kappa shape index (κ3) is 4.22. The van der Waals surface area contributed by atoms with Crippen molar-refractivity contribution in [3.8, 4) is 0 Å². The largest absolute Gasteiger partial charge is 0.348 e. The molecule has 1 aliphatic heterocycles. The van der Waals surface area contributed by atoms with Gasteiger partial charge in [0.25, 0.3) is 5.91 Å². The molecule has 6 heteroatoms. The molecule has 144 valence electrons. The Hall–Kier alpha value is -2.18. The van der Waals surface area contributed by atoms with Gasteiger partial charge >= 0.3 is 0 Å². The molecule has 0 fully saturated rings. The van der Waals surface area contributed by atoms with Crippen molar-refractivity contribution in [1.29, 1.82) is 0 Å². The number of carbonyl (C=O) groups is 1. The van der Waals surface area contributed by atoms with Gasteiger partial charge in [0.2, 0.25) is 0 Å². The third-order valence-corrected chi connectivity index (χ3v) is 6.79. The lowest BCUT2D eigenvalue weighted by atomic mass is 9.95. The zero-order valence-corrected chi connectivity index (χ0v) is 16.8. The van der Waals surface area contributed by atoms with Crippen molar-refractivity contribution in [1.82, 2.24) is 10.6 Å². The van der Waals surface area contributed by atoms with Crippen molar-refractivity contribution in [3.63, 3.8) is 0 Å². The molecule has 2 N–H and O–H groups in total. The summed E-state index contributed by atoms with van der Waals surface area (Å²) in [6, 6.07) is 12.9. The Kier molecular flexibility index (Phi) is 5.67. The maximum absolute atomic E-state index is 12.5. The van der Waals surface area contributed by atoms with Crippen molar-refractivity contribution in [2.24, 2.45) is 5.92 Å². The lowest BCUT2D eigenvalue weighted by Gasteiger charge is -2.16. The van der Waals surface area contributed by atoms with Crippen LogP contribution in [0.4, 0.5) is 0 Å². The summed E-state index contributed by atoms with van der Waals surface area (Å²) >= 11 is 0. The Morgan fingerprint density at radius 2 is 1.89 bits per heavy atom. The Balaban J connectivity index is 1.65. The molecule has 1 unspecified atom stereocenters.